The molecule has 5 aromatic rings. The Labute approximate surface area is 167 Å². The number of hydrogen-bond donors (Lipinski definition) is 0. The second-order valence-electron chi connectivity index (χ2n) is 6.59. The third-order valence-corrected chi connectivity index (χ3v) is 4.72. The molecule has 138 valence electrons. The number of fused-ring (bicyclic) bond motifs is 1. The average Bonchev–Trinajstić information content (AvgIpc) is 3.22. The normalized spacial score (nSPS) is 10.9. The minimum absolute atomic E-state index is 0.140. The Hall–Kier alpha value is -4.12. The first kappa shape index (κ1) is 17.0. The molecule has 0 unspecified atom stereocenters. The maximum absolute atomic E-state index is 13.0. The van der Waals surface area contributed by atoms with Crippen LogP contribution in [0.5, 0.6) is 0 Å². The van der Waals surface area contributed by atoms with Gasteiger partial charge in [-0.3, -0.25) is 4.79 Å². The van der Waals surface area contributed by atoms with Crippen molar-refractivity contribution in [2.75, 3.05) is 0 Å². The molecule has 0 atom stereocenters. The molecule has 0 saturated heterocycles. The lowest BCUT2D eigenvalue weighted by Gasteiger charge is -2.10. The van der Waals surface area contributed by atoms with Gasteiger partial charge in [0.25, 0.3) is 5.78 Å². The molecular formula is C24H16N4O. The van der Waals surface area contributed by atoms with Gasteiger partial charge in [0.1, 0.15) is 17.1 Å². The summed E-state index contributed by atoms with van der Waals surface area (Å²) < 4.78 is 1.53. The molecule has 5 rings (SSSR count). The fraction of sp³-hybridized carbons (Fsp3) is 0. The van der Waals surface area contributed by atoms with E-state index in [1.54, 1.807) is 12.1 Å². The SMILES string of the molecule is O=C(c1ccccc1)c1cnc2nc(-c3ccccc3)c(-c3ccccc3)nn12. The first-order valence-electron chi connectivity index (χ1n) is 9.27. The van der Waals surface area contributed by atoms with E-state index < -0.39 is 0 Å². The van der Waals surface area contributed by atoms with E-state index in [1.807, 2.05) is 78.9 Å². The quantitative estimate of drug-likeness (QED) is 0.427. The fourth-order valence-corrected chi connectivity index (χ4v) is 3.29. The van der Waals surface area contributed by atoms with Crippen LogP contribution in [0.1, 0.15) is 16.1 Å². The molecule has 0 aliphatic heterocycles. The van der Waals surface area contributed by atoms with Crippen molar-refractivity contribution in [2.45, 2.75) is 0 Å². The van der Waals surface area contributed by atoms with E-state index in [-0.39, 0.29) is 5.78 Å². The summed E-state index contributed by atoms with van der Waals surface area (Å²) in [6.07, 6.45) is 1.54. The number of carbonyl (C=O) groups is 1. The molecule has 3 aromatic carbocycles. The second kappa shape index (κ2) is 7.13. The minimum atomic E-state index is -0.140. The van der Waals surface area contributed by atoms with Gasteiger partial charge < -0.3 is 0 Å². The number of nitrogens with zero attached hydrogens (tertiary/aromatic N) is 4. The molecule has 2 aromatic heterocycles. The van der Waals surface area contributed by atoms with Gasteiger partial charge in [-0.15, -0.1) is 0 Å². The minimum Gasteiger partial charge on any atom is -0.287 e. The van der Waals surface area contributed by atoms with E-state index in [0.717, 1.165) is 16.8 Å². The smallest absolute Gasteiger partial charge is 0.251 e. The summed E-state index contributed by atoms with van der Waals surface area (Å²) in [6.45, 7) is 0. The zero-order valence-electron chi connectivity index (χ0n) is 15.4. The Bertz CT molecular complexity index is 1300. The molecule has 0 aliphatic rings. The number of rotatable bonds is 4. The van der Waals surface area contributed by atoms with Crippen LogP contribution in [-0.4, -0.2) is 25.4 Å². The van der Waals surface area contributed by atoms with E-state index >= 15 is 0 Å². The van der Waals surface area contributed by atoms with Gasteiger partial charge in [-0.25, -0.2) is 9.97 Å². The maximum atomic E-state index is 13.0. The average molecular weight is 376 g/mol. The highest BCUT2D eigenvalue weighted by molar-refractivity contribution is 6.08. The van der Waals surface area contributed by atoms with Crippen LogP contribution < -0.4 is 0 Å². The van der Waals surface area contributed by atoms with Crippen LogP contribution in [0.15, 0.2) is 97.2 Å². The fourth-order valence-electron chi connectivity index (χ4n) is 3.29. The molecule has 0 radical (unpaired) electrons. The maximum Gasteiger partial charge on any atom is 0.251 e. The van der Waals surface area contributed by atoms with Crippen molar-refractivity contribution in [3.8, 4) is 22.5 Å². The van der Waals surface area contributed by atoms with Crippen molar-refractivity contribution < 1.29 is 4.79 Å². The molecule has 0 aliphatic carbocycles. The molecule has 0 bridgehead atoms. The highest BCUT2D eigenvalue weighted by Gasteiger charge is 2.19. The number of hydrogen-bond acceptors (Lipinski definition) is 4. The van der Waals surface area contributed by atoms with Gasteiger partial charge in [-0.2, -0.15) is 9.61 Å². The summed E-state index contributed by atoms with van der Waals surface area (Å²) in [4.78, 5) is 22.1. The van der Waals surface area contributed by atoms with Crippen LogP contribution in [0.2, 0.25) is 0 Å². The Morgan fingerprint density at radius 3 is 1.86 bits per heavy atom. The first-order valence-corrected chi connectivity index (χ1v) is 9.27. The Balaban J connectivity index is 1.74. The van der Waals surface area contributed by atoms with Gasteiger partial charge >= 0.3 is 0 Å². The van der Waals surface area contributed by atoms with Gasteiger partial charge in [-0.05, 0) is 0 Å². The van der Waals surface area contributed by atoms with Crippen LogP contribution >= 0.6 is 0 Å². The van der Waals surface area contributed by atoms with Crippen LogP contribution in [0.3, 0.4) is 0 Å². The summed E-state index contributed by atoms with van der Waals surface area (Å²) in [5.41, 5.74) is 4.27. The first-order chi connectivity index (χ1) is 14.3. The number of benzene rings is 3. The third-order valence-electron chi connectivity index (χ3n) is 4.72. The van der Waals surface area contributed by atoms with Crippen molar-refractivity contribution in [3.05, 3.63) is 108 Å². The monoisotopic (exact) mass is 376 g/mol. The summed E-state index contributed by atoms with van der Waals surface area (Å²) in [5.74, 6) is 0.252. The Morgan fingerprint density at radius 1 is 0.690 bits per heavy atom. The van der Waals surface area contributed by atoms with Gasteiger partial charge in [0.2, 0.25) is 5.78 Å². The summed E-state index contributed by atoms with van der Waals surface area (Å²) in [7, 11) is 0. The molecule has 5 nitrogen and oxygen atoms in total. The largest absolute Gasteiger partial charge is 0.287 e. The van der Waals surface area contributed by atoms with Crippen LogP contribution in [0.4, 0.5) is 0 Å². The molecule has 2 heterocycles. The third kappa shape index (κ3) is 3.08. The van der Waals surface area contributed by atoms with Crippen molar-refractivity contribution in [1.29, 1.82) is 0 Å². The topological polar surface area (TPSA) is 60.2 Å². The molecule has 0 N–H and O–H groups in total. The summed E-state index contributed by atoms with van der Waals surface area (Å²) in [6, 6.07) is 28.8. The van der Waals surface area contributed by atoms with E-state index in [2.05, 4.69) is 4.98 Å². The van der Waals surface area contributed by atoms with E-state index in [0.29, 0.717) is 22.7 Å². The number of ketones is 1. The standard InChI is InChI=1S/C24H16N4O/c29-23(19-14-8-3-9-15-19)20-16-25-24-26-21(17-10-4-1-5-11-17)22(27-28(20)24)18-12-6-2-7-13-18/h1-16H. The zero-order chi connectivity index (χ0) is 19.6. The number of aromatic nitrogens is 4. The molecule has 0 spiro atoms. The van der Waals surface area contributed by atoms with Gasteiger partial charge in [-0.1, -0.05) is 91.0 Å². The molecular weight excluding hydrogens is 360 g/mol. The van der Waals surface area contributed by atoms with Crippen molar-refractivity contribution in [2.24, 2.45) is 0 Å². The Kier molecular flexibility index (Phi) is 4.18. The van der Waals surface area contributed by atoms with Crippen molar-refractivity contribution >= 4 is 11.6 Å². The van der Waals surface area contributed by atoms with Gasteiger partial charge in [0, 0.05) is 16.7 Å². The van der Waals surface area contributed by atoms with Crippen LogP contribution in [0.25, 0.3) is 28.3 Å². The lowest BCUT2D eigenvalue weighted by molar-refractivity contribution is 0.103. The number of imidazole rings is 1. The zero-order valence-corrected chi connectivity index (χ0v) is 15.4. The molecule has 29 heavy (non-hydrogen) atoms. The van der Waals surface area contributed by atoms with Gasteiger partial charge in [0.15, 0.2) is 0 Å². The van der Waals surface area contributed by atoms with Crippen molar-refractivity contribution in [1.82, 2.24) is 19.6 Å². The lowest BCUT2D eigenvalue weighted by atomic mass is 10.0. The lowest BCUT2D eigenvalue weighted by Crippen LogP contribution is -2.09. The molecule has 0 amide bonds. The second-order valence-corrected chi connectivity index (χ2v) is 6.59. The van der Waals surface area contributed by atoms with Crippen LogP contribution in [0, 0.1) is 0 Å². The van der Waals surface area contributed by atoms with Gasteiger partial charge in [0.05, 0.1) is 6.20 Å². The van der Waals surface area contributed by atoms with E-state index in [1.165, 1.54) is 10.7 Å². The van der Waals surface area contributed by atoms with E-state index in [4.69, 9.17) is 10.1 Å². The Morgan fingerprint density at radius 2 is 1.24 bits per heavy atom. The highest BCUT2D eigenvalue weighted by atomic mass is 16.1. The van der Waals surface area contributed by atoms with E-state index in [9.17, 15) is 4.79 Å². The van der Waals surface area contributed by atoms with Crippen molar-refractivity contribution in [3.63, 3.8) is 0 Å². The highest BCUT2D eigenvalue weighted by Crippen LogP contribution is 2.29. The molecule has 5 heteroatoms. The summed E-state index contributed by atoms with van der Waals surface area (Å²) in [5, 5.41) is 4.80. The van der Waals surface area contributed by atoms with Crippen LogP contribution in [-0.2, 0) is 0 Å². The molecule has 0 saturated carbocycles. The predicted molar refractivity (Wildman–Crippen MR) is 112 cm³/mol. The predicted octanol–water partition coefficient (Wildman–Crippen LogP) is 4.69. The molecule has 0 fully saturated rings. The number of carbonyl (C=O) groups excluding carboxylic acids is 1. The summed E-state index contributed by atoms with van der Waals surface area (Å²) >= 11 is 0.